The van der Waals surface area contributed by atoms with Crippen LogP contribution in [-0.2, 0) is 4.74 Å². The summed E-state index contributed by atoms with van der Waals surface area (Å²) in [5, 5.41) is 5.34. The molecule has 0 aliphatic heterocycles. The molecule has 0 aliphatic rings. The van der Waals surface area contributed by atoms with Crippen LogP contribution in [0, 0.1) is 0 Å². The Balaban J connectivity index is 2.01. The summed E-state index contributed by atoms with van der Waals surface area (Å²) in [6.45, 7) is 4.23. The van der Waals surface area contributed by atoms with Gasteiger partial charge in [-0.2, -0.15) is 0 Å². The number of pyridine rings is 1. The number of carbonyl (C=O) groups excluding carboxylic acids is 1. The van der Waals surface area contributed by atoms with Crippen molar-refractivity contribution in [2.24, 2.45) is 0 Å². The van der Waals surface area contributed by atoms with E-state index in [0.717, 1.165) is 5.82 Å². The molecular weight excluding hydrogens is 260 g/mol. The molecule has 2 heterocycles. The largest absolute Gasteiger partial charge is 0.462 e. The minimum atomic E-state index is -0.340. The Hall–Kier alpha value is -1.88. The fourth-order valence-corrected chi connectivity index (χ4v) is 2.38. The van der Waals surface area contributed by atoms with Gasteiger partial charge in [0, 0.05) is 11.1 Å². The molecule has 1 unspecified atom stereocenters. The molecule has 2 aromatic rings. The number of carbonyl (C=O) groups is 1. The van der Waals surface area contributed by atoms with Gasteiger partial charge in [0.25, 0.3) is 0 Å². The van der Waals surface area contributed by atoms with E-state index in [0.29, 0.717) is 12.2 Å². The molecule has 0 radical (unpaired) electrons. The van der Waals surface area contributed by atoms with Crippen molar-refractivity contribution in [3.05, 3.63) is 46.3 Å². The highest BCUT2D eigenvalue weighted by molar-refractivity contribution is 7.10. The van der Waals surface area contributed by atoms with Crippen molar-refractivity contribution in [1.82, 2.24) is 4.98 Å². The smallest absolute Gasteiger partial charge is 0.339 e. The Bertz CT molecular complexity index is 523. The molecule has 1 N–H and O–H groups in total. The third kappa shape index (κ3) is 3.54. The molecule has 0 saturated carbocycles. The van der Waals surface area contributed by atoms with Gasteiger partial charge in [0.15, 0.2) is 0 Å². The van der Waals surface area contributed by atoms with E-state index in [-0.39, 0.29) is 12.0 Å². The Morgan fingerprint density at radius 2 is 2.32 bits per heavy atom. The average molecular weight is 276 g/mol. The lowest BCUT2D eigenvalue weighted by molar-refractivity contribution is 0.0526. The summed E-state index contributed by atoms with van der Waals surface area (Å²) in [6, 6.07) is 7.80. The first-order chi connectivity index (χ1) is 9.20. The maximum atomic E-state index is 11.5. The van der Waals surface area contributed by atoms with Crippen LogP contribution >= 0.6 is 11.3 Å². The van der Waals surface area contributed by atoms with Crippen LogP contribution in [0.5, 0.6) is 0 Å². The molecule has 5 heteroatoms. The lowest BCUT2D eigenvalue weighted by Gasteiger charge is -2.12. The molecular formula is C14H16N2O2S. The third-order valence-corrected chi connectivity index (χ3v) is 3.66. The van der Waals surface area contributed by atoms with E-state index in [1.807, 2.05) is 11.4 Å². The first-order valence-corrected chi connectivity index (χ1v) is 7.01. The van der Waals surface area contributed by atoms with Gasteiger partial charge < -0.3 is 10.1 Å². The van der Waals surface area contributed by atoms with Crippen LogP contribution in [-0.4, -0.2) is 17.6 Å². The van der Waals surface area contributed by atoms with Crippen molar-refractivity contribution in [3.63, 3.8) is 0 Å². The Morgan fingerprint density at radius 3 is 2.89 bits per heavy atom. The van der Waals surface area contributed by atoms with Crippen molar-refractivity contribution in [3.8, 4) is 0 Å². The lowest BCUT2D eigenvalue weighted by Crippen LogP contribution is -2.08. The van der Waals surface area contributed by atoms with Crippen LogP contribution in [0.15, 0.2) is 35.8 Å². The summed E-state index contributed by atoms with van der Waals surface area (Å²) in [5.41, 5.74) is 0.469. The number of rotatable bonds is 5. The molecule has 1 atom stereocenters. The summed E-state index contributed by atoms with van der Waals surface area (Å²) in [7, 11) is 0. The Kier molecular flexibility index (Phi) is 4.52. The number of anilines is 1. The lowest BCUT2D eigenvalue weighted by atomic mass is 10.2. The second kappa shape index (κ2) is 6.33. The normalized spacial score (nSPS) is 11.9. The van der Waals surface area contributed by atoms with Gasteiger partial charge in [-0.15, -0.1) is 11.3 Å². The van der Waals surface area contributed by atoms with Gasteiger partial charge in [-0.1, -0.05) is 6.07 Å². The standard InChI is InChI=1S/C14H16N2O2S/c1-3-18-14(17)11-6-7-13(15-9-11)16-10(2)12-5-4-8-19-12/h4-10H,3H2,1-2H3,(H,15,16). The van der Waals surface area contributed by atoms with Crippen LogP contribution in [0.1, 0.15) is 35.1 Å². The van der Waals surface area contributed by atoms with Gasteiger partial charge in [0.1, 0.15) is 5.82 Å². The van der Waals surface area contributed by atoms with Gasteiger partial charge in [-0.05, 0) is 37.4 Å². The van der Waals surface area contributed by atoms with E-state index in [1.54, 1.807) is 30.4 Å². The van der Waals surface area contributed by atoms with Crippen LogP contribution in [0.25, 0.3) is 0 Å². The topological polar surface area (TPSA) is 51.2 Å². The first-order valence-electron chi connectivity index (χ1n) is 6.14. The van der Waals surface area contributed by atoms with Crippen LogP contribution < -0.4 is 5.32 Å². The van der Waals surface area contributed by atoms with Gasteiger partial charge in [-0.3, -0.25) is 0 Å². The predicted octanol–water partition coefficient (Wildman–Crippen LogP) is 3.49. The number of nitrogens with zero attached hydrogens (tertiary/aromatic N) is 1. The molecule has 2 aromatic heterocycles. The third-order valence-electron chi connectivity index (χ3n) is 2.61. The molecule has 0 bridgehead atoms. The Labute approximate surface area is 116 Å². The summed E-state index contributed by atoms with van der Waals surface area (Å²) in [4.78, 5) is 17.0. The maximum absolute atomic E-state index is 11.5. The maximum Gasteiger partial charge on any atom is 0.339 e. The summed E-state index contributed by atoms with van der Waals surface area (Å²) in [5.74, 6) is 0.404. The average Bonchev–Trinajstić information content (AvgIpc) is 2.94. The molecule has 0 aliphatic carbocycles. The van der Waals surface area contributed by atoms with Gasteiger partial charge in [0.05, 0.1) is 18.2 Å². The molecule has 0 saturated heterocycles. The van der Waals surface area contributed by atoms with Crippen molar-refractivity contribution >= 4 is 23.1 Å². The molecule has 4 nitrogen and oxygen atoms in total. The number of ether oxygens (including phenoxy) is 1. The zero-order valence-electron chi connectivity index (χ0n) is 10.9. The highest BCUT2D eigenvalue weighted by atomic mass is 32.1. The Morgan fingerprint density at radius 1 is 1.47 bits per heavy atom. The molecule has 100 valence electrons. The van der Waals surface area contributed by atoms with Gasteiger partial charge >= 0.3 is 5.97 Å². The molecule has 0 aromatic carbocycles. The van der Waals surface area contributed by atoms with Crippen LogP contribution in [0.3, 0.4) is 0 Å². The van der Waals surface area contributed by atoms with Crippen molar-refractivity contribution < 1.29 is 9.53 Å². The predicted molar refractivity (Wildman–Crippen MR) is 76.6 cm³/mol. The van der Waals surface area contributed by atoms with E-state index in [4.69, 9.17) is 4.74 Å². The summed E-state index contributed by atoms with van der Waals surface area (Å²) in [6.07, 6.45) is 1.53. The van der Waals surface area contributed by atoms with Crippen molar-refractivity contribution in [1.29, 1.82) is 0 Å². The monoisotopic (exact) mass is 276 g/mol. The number of thiophene rings is 1. The first kappa shape index (κ1) is 13.5. The van der Waals surface area contributed by atoms with E-state index in [2.05, 4.69) is 23.3 Å². The highest BCUT2D eigenvalue weighted by Crippen LogP contribution is 2.22. The summed E-state index contributed by atoms with van der Waals surface area (Å²) < 4.78 is 4.91. The fourth-order valence-electron chi connectivity index (χ4n) is 1.65. The molecule has 0 amide bonds. The van der Waals surface area contributed by atoms with E-state index in [1.165, 1.54) is 11.1 Å². The van der Waals surface area contributed by atoms with Crippen molar-refractivity contribution in [2.75, 3.05) is 11.9 Å². The zero-order valence-corrected chi connectivity index (χ0v) is 11.7. The van der Waals surface area contributed by atoms with E-state index >= 15 is 0 Å². The highest BCUT2D eigenvalue weighted by Gasteiger charge is 2.09. The summed E-state index contributed by atoms with van der Waals surface area (Å²) >= 11 is 1.70. The van der Waals surface area contributed by atoms with Gasteiger partial charge in [-0.25, -0.2) is 9.78 Å². The second-order valence-electron chi connectivity index (χ2n) is 4.03. The number of esters is 1. The molecule has 19 heavy (non-hydrogen) atoms. The van der Waals surface area contributed by atoms with E-state index < -0.39 is 0 Å². The van der Waals surface area contributed by atoms with Gasteiger partial charge in [0.2, 0.25) is 0 Å². The molecule has 0 spiro atoms. The minimum Gasteiger partial charge on any atom is -0.462 e. The number of aromatic nitrogens is 1. The molecule has 2 rings (SSSR count). The second-order valence-corrected chi connectivity index (χ2v) is 5.01. The van der Waals surface area contributed by atoms with Crippen LogP contribution in [0.4, 0.5) is 5.82 Å². The number of nitrogens with one attached hydrogen (secondary N) is 1. The fraction of sp³-hybridized carbons (Fsp3) is 0.286. The van der Waals surface area contributed by atoms with Crippen LogP contribution in [0.2, 0.25) is 0 Å². The molecule has 0 fully saturated rings. The zero-order chi connectivity index (χ0) is 13.7. The minimum absolute atomic E-state index is 0.195. The number of hydrogen-bond donors (Lipinski definition) is 1. The van der Waals surface area contributed by atoms with Crippen molar-refractivity contribution in [2.45, 2.75) is 19.9 Å². The number of hydrogen-bond acceptors (Lipinski definition) is 5. The SMILES string of the molecule is CCOC(=O)c1ccc(NC(C)c2cccs2)nc1. The van der Waals surface area contributed by atoms with E-state index in [9.17, 15) is 4.79 Å². The quantitative estimate of drug-likeness (QED) is 0.849.